The molecular formula is C13H21NO. The third-order valence-corrected chi connectivity index (χ3v) is 2.47. The Labute approximate surface area is 92.1 Å². The Hall–Kier alpha value is -0.860. The minimum atomic E-state index is -0.256. The second-order valence-electron chi connectivity index (χ2n) is 4.12. The molecule has 0 aliphatic heterocycles. The van der Waals surface area contributed by atoms with Crippen LogP contribution in [0.4, 0.5) is 0 Å². The summed E-state index contributed by atoms with van der Waals surface area (Å²) in [5, 5.41) is 9.23. The van der Waals surface area contributed by atoms with Crippen molar-refractivity contribution in [1.82, 2.24) is 0 Å². The van der Waals surface area contributed by atoms with Crippen molar-refractivity contribution in [3.63, 3.8) is 0 Å². The zero-order valence-corrected chi connectivity index (χ0v) is 9.45. The Kier molecular flexibility index (Phi) is 5.37. The molecule has 3 N–H and O–H groups in total. The highest BCUT2D eigenvalue weighted by Crippen LogP contribution is 2.09. The lowest BCUT2D eigenvalue weighted by molar-refractivity contribution is 0.195. The average Bonchev–Trinajstić information content (AvgIpc) is 2.20. The molecule has 0 heterocycles. The Morgan fingerprint density at radius 2 is 1.73 bits per heavy atom. The average molecular weight is 207 g/mol. The molecule has 1 atom stereocenters. The number of nitrogens with two attached hydrogens (primary N) is 1. The van der Waals surface area contributed by atoms with Gasteiger partial charge in [-0.05, 0) is 50.3 Å². The van der Waals surface area contributed by atoms with E-state index in [4.69, 9.17) is 5.73 Å². The van der Waals surface area contributed by atoms with Crippen molar-refractivity contribution < 1.29 is 5.11 Å². The molecule has 1 rings (SSSR count). The number of aryl methyl sites for hydroxylation is 1. The predicted octanol–water partition coefficient (Wildman–Crippen LogP) is 1.89. The first-order chi connectivity index (χ1) is 7.22. The SMILES string of the molecule is CC(O)Cc1ccc(CCCCN)cc1. The number of aliphatic hydroxyl groups is 1. The number of hydrogen-bond donors (Lipinski definition) is 2. The predicted molar refractivity (Wildman–Crippen MR) is 63.8 cm³/mol. The molecule has 0 aliphatic rings. The highest BCUT2D eigenvalue weighted by Gasteiger charge is 1.99. The van der Waals surface area contributed by atoms with Gasteiger partial charge < -0.3 is 10.8 Å². The molecule has 0 aromatic heterocycles. The third-order valence-electron chi connectivity index (χ3n) is 2.47. The van der Waals surface area contributed by atoms with Gasteiger partial charge >= 0.3 is 0 Å². The van der Waals surface area contributed by atoms with Gasteiger partial charge in [0.1, 0.15) is 0 Å². The lowest BCUT2D eigenvalue weighted by Gasteiger charge is -2.05. The van der Waals surface area contributed by atoms with Crippen LogP contribution in [0.5, 0.6) is 0 Å². The molecule has 84 valence electrons. The number of benzene rings is 1. The fourth-order valence-electron chi connectivity index (χ4n) is 1.66. The Morgan fingerprint density at radius 1 is 1.13 bits per heavy atom. The fourth-order valence-corrected chi connectivity index (χ4v) is 1.66. The van der Waals surface area contributed by atoms with Gasteiger partial charge in [-0.2, -0.15) is 0 Å². The molecular weight excluding hydrogens is 186 g/mol. The number of aliphatic hydroxyl groups excluding tert-OH is 1. The first kappa shape index (κ1) is 12.2. The number of rotatable bonds is 6. The standard InChI is InChI=1S/C13H21NO/c1-11(15)10-13-7-5-12(6-8-13)4-2-3-9-14/h5-8,11,15H,2-4,9-10,14H2,1H3. The minimum absolute atomic E-state index is 0.256. The summed E-state index contributed by atoms with van der Waals surface area (Å²) >= 11 is 0. The van der Waals surface area contributed by atoms with Gasteiger partial charge in [-0.15, -0.1) is 0 Å². The van der Waals surface area contributed by atoms with E-state index in [-0.39, 0.29) is 6.10 Å². The molecule has 0 bridgehead atoms. The largest absolute Gasteiger partial charge is 0.393 e. The van der Waals surface area contributed by atoms with Crippen LogP contribution in [-0.2, 0) is 12.8 Å². The summed E-state index contributed by atoms with van der Waals surface area (Å²) in [5.74, 6) is 0. The first-order valence-corrected chi connectivity index (χ1v) is 5.68. The smallest absolute Gasteiger partial charge is 0.0552 e. The molecule has 2 heteroatoms. The zero-order valence-electron chi connectivity index (χ0n) is 9.45. The van der Waals surface area contributed by atoms with Gasteiger partial charge in [0, 0.05) is 0 Å². The lowest BCUT2D eigenvalue weighted by Crippen LogP contribution is -2.04. The molecule has 0 radical (unpaired) electrons. The van der Waals surface area contributed by atoms with E-state index < -0.39 is 0 Å². The highest BCUT2D eigenvalue weighted by molar-refractivity contribution is 5.23. The Bertz CT molecular complexity index is 266. The molecule has 0 saturated carbocycles. The Balaban J connectivity index is 2.42. The van der Waals surface area contributed by atoms with E-state index in [1.54, 1.807) is 0 Å². The Morgan fingerprint density at radius 3 is 2.27 bits per heavy atom. The summed E-state index contributed by atoms with van der Waals surface area (Å²) in [4.78, 5) is 0. The van der Waals surface area contributed by atoms with Gasteiger partial charge in [0.05, 0.1) is 6.10 Å². The van der Waals surface area contributed by atoms with E-state index in [0.29, 0.717) is 0 Å². The number of unbranched alkanes of at least 4 members (excludes halogenated alkanes) is 1. The molecule has 0 saturated heterocycles. The van der Waals surface area contributed by atoms with E-state index >= 15 is 0 Å². The van der Waals surface area contributed by atoms with Gasteiger partial charge in [0.15, 0.2) is 0 Å². The van der Waals surface area contributed by atoms with E-state index in [2.05, 4.69) is 24.3 Å². The second kappa shape index (κ2) is 6.59. The van der Waals surface area contributed by atoms with Gasteiger partial charge in [-0.3, -0.25) is 0 Å². The third kappa shape index (κ3) is 4.96. The van der Waals surface area contributed by atoms with Crippen molar-refractivity contribution in [3.8, 4) is 0 Å². The maximum absolute atomic E-state index is 9.23. The van der Waals surface area contributed by atoms with E-state index in [1.165, 1.54) is 11.1 Å². The zero-order chi connectivity index (χ0) is 11.1. The summed E-state index contributed by atoms with van der Waals surface area (Å²) in [5.41, 5.74) is 8.00. The van der Waals surface area contributed by atoms with Gasteiger partial charge in [0.25, 0.3) is 0 Å². The van der Waals surface area contributed by atoms with Crippen molar-refractivity contribution >= 4 is 0 Å². The molecule has 1 unspecified atom stereocenters. The van der Waals surface area contributed by atoms with E-state index in [9.17, 15) is 5.11 Å². The quantitative estimate of drug-likeness (QED) is 0.700. The molecule has 0 fully saturated rings. The fraction of sp³-hybridized carbons (Fsp3) is 0.538. The molecule has 1 aromatic carbocycles. The van der Waals surface area contributed by atoms with Crippen LogP contribution < -0.4 is 5.73 Å². The van der Waals surface area contributed by atoms with E-state index in [0.717, 1.165) is 32.2 Å². The van der Waals surface area contributed by atoms with Crippen LogP contribution >= 0.6 is 0 Å². The van der Waals surface area contributed by atoms with Crippen LogP contribution in [0.3, 0.4) is 0 Å². The molecule has 0 amide bonds. The monoisotopic (exact) mass is 207 g/mol. The summed E-state index contributed by atoms with van der Waals surface area (Å²) < 4.78 is 0. The van der Waals surface area contributed by atoms with Crippen LogP contribution in [0.2, 0.25) is 0 Å². The van der Waals surface area contributed by atoms with Gasteiger partial charge in [-0.1, -0.05) is 24.3 Å². The maximum atomic E-state index is 9.23. The summed E-state index contributed by atoms with van der Waals surface area (Å²) in [6.45, 7) is 2.59. The van der Waals surface area contributed by atoms with Gasteiger partial charge in [-0.25, -0.2) is 0 Å². The molecule has 1 aromatic rings. The maximum Gasteiger partial charge on any atom is 0.0552 e. The van der Waals surface area contributed by atoms with Crippen molar-refractivity contribution in [3.05, 3.63) is 35.4 Å². The minimum Gasteiger partial charge on any atom is -0.393 e. The topological polar surface area (TPSA) is 46.2 Å². The molecule has 2 nitrogen and oxygen atoms in total. The van der Waals surface area contributed by atoms with Crippen LogP contribution in [-0.4, -0.2) is 17.8 Å². The highest BCUT2D eigenvalue weighted by atomic mass is 16.3. The molecule has 0 aliphatic carbocycles. The lowest BCUT2D eigenvalue weighted by atomic mass is 10.0. The van der Waals surface area contributed by atoms with Crippen LogP contribution in [0, 0.1) is 0 Å². The normalized spacial score (nSPS) is 12.7. The van der Waals surface area contributed by atoms with E-state index in [1.807, 2.05) is 6.92 Å². The van der Waals surface area contributed by atoms with Crippen LogP contribution in [0.15, 0.2) is 24.3 Å². The number of hydrogen-bond acceptors (Lipinski definition) is 2. The summed E-state index contributed by atoms with van der Waals surface area (Å²) in [6.07, 6.45) is 3.84. The van der Waals surface area contributed by atoms with Crippen molar-refractivity contribution in [1.29, 1.82) is 0 Å². The summed E-state index contributed by atoms with van der Waals surface area (Å²) in [6, 6.07) is 8.50. The van der Waals surface area contributed by atoms with Crippen LogP contribution in [0.1, 0.15) is 30.9 Å². The van der Waals surface area contributed by atoms with Crippen LogP contribution in [0.25, 0.3) is 0 Å². The first-order valence-electron chi connectivity index (χ1n) is 5.68. The molecule has 0 spiro atoms. The molecule has 15 heavy (non-hydrogen) atoms. The van der Waals surface area contributed by atoms with Crippen molar-refractivity contribution in [2.24, 2.45) is 5.73 Å². The van der Waals surface area contributed by atoms with Crippen molar-refractivity contribution in [2.75, 3.05) is 6.54 Å². The second-order valence-corrected chi connectivity index (χ2v) is 4.12. The van der Waals surface area contributed by atoms with Crippen molar-refractivity contribution in [2.45, 2.75) is 38.7 Å². The van der Waals surface area contributed by atoms with Gasteiger partial charge in [0.2, 0.25) is 0 Å². The summed E-state index contributed by atoms with van der Waals surface area (Å²) in [7, 11) is 0.